The Morgan fingerprint density at radius 2 is 0.836 bits per heavy atom. The fourth-order valence-corrected chi connectivity index (χ4v) is 8.24. The van der Waals surface area contributed by atoms with Crippen LogP contribution in [0.15, 0.2) is 23.8 Å². The number of nitrogens with two attached hydrogens (primary N) is 2. The molecule has 0 aliphatic rings. The number of nitrogens with zero attached hydrogens (tertiary/aromatic N) is 1. The third-order valence-electron chi connectivity index (χ3n) is 12.3. The molecule has 6 N–H and O–H groups in total. The number of nitrogens with one attached hydrogen (secondary N) is 2. The summed E-state index contributed by atoms with van der Waals surface area (Å²) in [5.41, 5.74) is 13.2. The first-order valence-electron chi connectivity index (χ1n) is 26.3. The highest BCUT2D eigenvalue weighted by atomic mass is 16.5. The van der Waals surface area contributed by atoms with E-state index in [4.69, 9.17) is 20.9 Å². The number of rotatable bonds is 47. The van der Waals surface area contributed by atoms with Gasteiger partial charge in [0.25, 0.3) is 0 Å². The van der Waals surface area contributed by atoms with Crippen LogP contribution in [0.4, 0.5) is 0 Å². The Morgan fingerprint density at radius 3 is 1.25 bits per heavy atom. The maximum Gasteiger partial charge on any atom is 0.306 e. The highest BCUT2D eigenvalue weighted by Gasteiger charge is 2.15. The van der Waals surface area contributed by atoms with Gasteiger partial charge in [0, 0.05) is 38.8 Å². The predicted molar refractivity (Wildman–Crippen MR) is 262 cm³/mol. The highest BCUT2D eigenvalue weighted by molar-refractivity contribution is 5.69. The van der Waals surface area contributed by atoms with E-state index < -0.39 is 0 Å². The number of hydrogen-bond donors (Lipinski definition) is 4. The van der Waals surface area contributed by atoms with Gasteiger partial charge in [-0.3, -0.25) is 9.59 Å². The second-order valence-corrected chi connectivity index (χ2v) is 17.9. The third-order valence-corrected chi connectivity index (χ3v) is 12.3. The van der Waals surface area contributed by atoms with Gasteiger partial charge in [-0.2, -0.15) is 0 Å². The van der Waals surface area contributed by atoms with Gasteiger partial charge in [-0.05, 0) is 96.7 Å². The van der Waals surface area contributed by atoms with Crippen LogP contribution in [-0.4, -0.2) is 62.3 Å². The first kappa shape index (κ1) is 58.6. The van der Waals surface area contributed by atoms with E-state index in [9.17, 15) is 9.59 Å². The fourth-order valence-electron chi connectivity index (χ4n) is 8.24. The van der Waals surface area contributed by atoms with Crippen molar-refractivity contribution in [3.63, 3.8) is 0 Å². The normalized spacial score (nSPS) is 12.6. The van der Waals surface area contributed by atoms with Crippen molar-refractivity contribution >= 4 is 11.9 Å². The summed E-state index contributed by atoms with van der Waals surface area (Å²) < 4.78 is 11.9. The Morgan fingerprint density at radius 1 is 0.475 bits per heavy atom. The first-order valence-corrected chi connectivity index (χ1v) is 26.3. The molecule has 0 saturated heterocycles. The van der Waals surface area contributed by atoms with E-state index in [0.717, 1.165) is 115 Å². The van der Waals surface area contributed by atoms with Crippen LogP contribution in [0.5, 0.6) is 0 Å². The van der Waals surface area contributed by atoms with Crippen LogP contribution in [0.25, 0.3) is 0 Å². The van der Waals surface area contributed by atoms with E-state index >= 15 is 0 Å². The van der Waals surface area contributed by atoms with E-state index in [1.165, 1.54) is 141 Å². The Bertz CT molecular complexity index is 1020. The fraction of sp³-hybridized carbons (Fsp3) is 0.885. The standard InChI is InChI=1S/C52H103N5O4/c1-6-10-13-16-21-28-36-47(9-4)60-51(58)39-31-24-19-26-33-42-57(44-35-41-56-50(46-54)49(45-53)55-5)43-34-27-20-25-32-40-52(59)61-48(37-29-22-17-14-11-7-2)38-30-23-18-15-12-8-3/h45-48,55-56H,6-44,53-54H2,1-5H3/b49-45+,50-46+. The van der Waals surface area contributed by atoms with E-state index in [2.05, 4.69) is 43.2 Å². The topological polar surface area (TPSA) is 132 Å². The molecule has 61 heavy (non-hydrogen) atoms. The van der Waals surface area contributed by atoms with Gasteiger partial charge < -0.3 is 36.5 Å². The van der Waals surface area contributed by atoms with Crippen molar-refractivity contribution in [2.75, 3.05) is 33.2 Å². The summed E-state index contributed by atoms with van der Waals surface area (Å²) in [4.78, 5) is 28.0. The molecule has 9 nitrogen and oxygen atoms in total. The quantitative estimate of drug-likeness (QED) is 0.0268. The zero-order chi connectivity index (χ0) is 44.9. The Hall–Kier alpha value is -2.42. The number of likely N-dealkylation sites (N-methyl/N-ethyl adjacent to an activating group) is 1. The number of carbonyl (C=O) groups is 2. The second kappa shape index (κ2) is 45.6. The summed E-state index contributed by atoms with van der Waals surface area (Å²) in [5, 5.41) is 6.52. The van der Waals surface area contributed by atoms with Crippen LogP contribution in [0.3, 0.4) is 0 Å². The van der Waals surface area contributed by atoms with Gasteiger partial charge in [0.05, 0.1) is 11.4 Å². The van der Waals surface area contributed by atoms with E-state index in [1.807, 2.05) is 7.05 Å². The summed E-state index contributed by atoms with van der Waals surface area (Å²) in [6.07, 6.45) is 43.4. The number of ether oxygens (including phenoxy) is 2. The highest BCUT2D eigenvalue weighted by Crippen LogP contribution is 2.19. The SMILES string of the molecule is CCCCCCCCC(CC)OC(=O)CCCCCCCN(CCCCCCCC(=O)OC(CCCCCCCC)CCCCCCCC)CCCNC(=C/N)/C(=C\N)NC. The minimum absolute atomic E-state index is 0.0137. The summed E-state index contributed by atoms with van der Waals surface area (Å²) in [6.45, 7) is 12.9. The number of carbonyl (C=O) groups excluding carboxylic acids is 2. The lowest BCUT2D eigenvalue weighted by atomic mass is 10.0. The van der Waals surface area contributed by atoms with Gasteiger partial charge in [0.15, 0.2) is 0 Å². The molecule has 9 heteroatoms. The van der Waals surface area contributed by atoms with Crippen LogP contribution >= 0.6 is 0 Å². The molecule has 0 aromatic carbocycles. The van der Waals surface area contributed by atoms with Crippen LogP contribution in [0.1, 0.15) is 252 Å². The largest absolute Gasteiger partial charge is 0.462 e. The van der Waals surface area contributed by atoms with Crippen LogP contribution in [0.2, 0.25) is 0 Å². The molecular weight excluding hydrogens is 759 g/mol. The summed E-state index contributed by atoms with van der Waals surface area (Å²) in [6, 6.07) is 0. The van der Waals surface area contributed by atoms with Crippen molar-refractivity contribution in [2.24, 2.45) is 11.5 Å². The first-order chi connectivity index (χ1) is 29.9. The lowest BCUT2D eigenvalue weighted by Crippen LogP contribution is -2.30. The maximum atomic E-state index is 12.9. The smallest absolute Gasteiger partial charge is 0.306 e. The number of unbranched alkanes of at least 4 members (excludes halogenated alkanes) is 23. The van der Waals surface area contributed by atoms with Crippen LogP contribution in [0, 0.1) is 0 Å². The molecule has 0 aliphatic heterocycles. The number of esters is 2. The summed E-state index contributed by atoms with van der Waals surface area (Å²) in [5.74, 6) is 0.00210. The molecule has 0 rings (SSSR count). The molecule has 0 radical (unpaired) electrons. The molecule has 0 bridgehead atoms. The van der Waals surface area contributed by atoms with Crippen LogP contribution < -0.4 is 22.1 Å². The summed E-state index contributed by atoms with van der Waals surface area (Å²) >= 11 is 0. The summed E-state index contributed by atoms with van der Waals surface area (Å²) in [7, 11) is 1.84. The lowest BCUT2D eigenvalue weighted by Gasteiger charge is -2.23. The zero-order valence-corrected chi connectivity index (χ0v) is 41.1. The van der Waals surface area contributed by atoms with Gasteiger partial charge >= 0.3 is 11.9 Å². The molecule has 0 aromatic heterocycles. The van der Waals surface area contributed by atoms with E-state index in [-0.39, 0.29) is 24.1 Å². The van der Waals surface area contributed by atoms with Gasteiger partial charge in [-0.1, -0.05) is 163 Å². The minimum atomic E-state index is -0.0137. The molecule has 0 spiro atoms. The van der Waals surface area contributed by atoms with E-state index in [0.29, 0.717) is 12.8 Å². The maximum absolute atomic E-state index is 12.9. The average Bonchev–Trinajstić information content (AvgIpc) is 3.26. The zero-order valence-electron chi connectivity index (χ0n) is 41.1. The van der Waals surface area contributed by atoms with Crippen molar-refractivity contribution in [1.82, 2.24) is 15.5 Å². The second-order valence-electron chi connectivity index (χ2n) is 17.9. The Kier molecular flexibility index (Phi) is 43.8. The number of hydrogen-bond acceptors (Lipinski definition) is 9. The molecule has 0 aromatic rings. The molecule has 0 fully saturated rings. The van der Waals surface area contributed by atoms with Gasteiger partial charge in [-0.15, -0.1) is 0 Å². The van der Waals surface area contributed by atoms with Crippen molar-refractivity contribution < 1.29 is 19.1 Å². The monoisotopic (exact) mass is 862 g/mol. The molecule has 360 valence electrons. The average molecular weight is 862 g/mol. The third kappa shape index (κ3) is 37.8. The molecule has 1 atom stereocenters. The van der Waals surface area contributed by atoms with Gasteiger partial charge in [0.2, 0.25) is 0 Å². The molecule has 0 saturated carbocycles. The molecule has 1 unspecified atom stereocenters. The minimum Gasteiger partial charge on any atom is -0.462 e. The molecule has 0 aliphatic carbocycles. The van der Waals surface area contributed by atoms with Crippen molar-refractivity contribution in [2.45, 2.75) is 265 Å². The Balaban J connectivity index is 4.65. The molecule has 0 amide bonds. The Labute approximate surface area is 378 Å². The van der Waals surface area contributed by atoms with Crippen molar-refractivity contribution in [3.05, 3.63) is 23.8 Å². The van der Waals surface area contributed by atoms with Crippen LogP contribution in [-0.2, 0) is 19.1 Å². The van der Waals surface area contributed by atoms with Gasteiger partial charge in [-0.25, -0.2) is 0 Å². The van der Waals surface area contributed by atoms with E-state index in [1.54, 1.807) is 6.20 Å². The van der Waals surface area contributed by atoms with Crippen molar-refractivity contribution in [3.8, 4) is 0 Å². The van der Waals surface area contributed by atoms with Gasteiger partial charge in [0.1, 0.15) is 12.2 Å². The lowest BCUT2D eigenvalue weighted by molar-refractivity contribution is -0.150. The van der Waals surface area contributed by atoms with Crippen molar-refractivity contribution in [1.29, 1.82) is 0 Å². The predicted octanol–water partition coefficient (Wildman–Crippen LogP) is 13.3. The molecular formula is C52H103N5O4. The molecule has 0 heterocycles.